The Kier molecular flexibility index (Phi) is 2.89. The molecule has 0 aliphatic carbocycles. The van der Waals surface area contributed by atoms with Crippen molar-refractivity contribution >= 4 is 11.6 Å². The third-order valence-corrected chi connectivity index (χ3v) is 2.39. The fraction of sp³-hybridized carbons (Fsp3) is 0.400. The zero-order chi connectivity index (χ0) is 9.97. The van der Waals surface area contributed by atoms with Gasteiger partial charge in [0.05, 0.1) is 18.2 Å². The highest BCUT2D eigenvalue weighted by Gasteiger charge is 2.18. The van der Waals surface area contributed by atoms with E-state index in [9.17, 15) is 4.39 Å². The van der Waals surface area contributed by atoms with Gasteiger partial charge in [-0.3, -0.25) is 0 Å². The molecule has 0 N–H and O–H groups in total. The van der Waals surface area contributed by atoms with Crippen LogP contribution in [-0.2, 0) is 4.74 Å². The summed E-state index contributed by atoms with van der Waals surface area (Å²) in [5.41, 5.74) is 0. The van der Waals surface area contributed by atoms with Gasteiger partial charge in [-0.25, -0.2) is 4.39 Å². The van der Waals surface area contributed by atoms with E-state index < -0.39 is 0 Å². The summed E-state index contributed by atoms with van der Waals surface area (Å²) in [6, 6.07) is 4.09. The van der Waals surface area contributed by atoms with E-state index in [0.717, 1.165) is 6.42 Å². The second-order valence-electron chi connectivity index (χ2n) is 3.18. The summed E-state index contributed by atoms with van der Waals surface area (Å²) >= 11 is 5.84. The zero-order valence-electron chi connectivity index (χ0n) is 7.50. The first-order valence-electron chi connectivity index (χ1n) is 4.45. The highest BCUT2D eigenvalue weighted by atomic mass is 35.5. The largest absolute Gasteiger partial charge is 0.486 e. The van der Waals surface area contributed by atoms with Crippen molar-refractivity contribution < 1.29 is 13.9 Å². The molecule has 76 valence electrons. The molecular weight excluding hydrogens is 207 g/mol. The molecular formula is C10H10ClFO2. The van der Waals surface area contributed by atoms with Crippen LogP contribution in [0.4, 0.5) is 4.39 Å². The monoisotopic (exact) mass is 216 g/mol. The normalized spacial score (nSPS) is 21.1. The lowest BCUT2D eigenvalue weighted by atomic mass is 10.3. The molecule has 0 amide bonds. The molecule has 2 nitrogen and oxygen atoms in total. The van der Waals surface area contributed by atoms with Crippen LogP contribution in [0.5, 0.6) is 5.75 Å². The second-order valence-corrected chi connectivity index (χ2v) is 3.59. The Morgan fingerprint density at radius 3 is 3.07 bits per heavy atom. The van der Waals surface area contributed by atoms with Gasteiger partial charge in [-0.1, -0.05) is 11.6 Å². The van der Waals surface area contributed by atoms with Crippen LogP contribution in [-0.4, -0.2) is 19.3 Å². The SMILES string of the molecule is Fc1ccc(Cl)c(O[C@@H]2CCOC2)c1. The number of halogens is 2. The van der Waals surface area contributed by atoms with Crippen LogP contribution in [0.25, 0.3) is 0 Å². The number of hydrogen-bond acceptors (Lipinski definition) is 2. The lowest BCUT2D eigenvalue weighted by molar-refractivity contribution is 0.141. The fourth-order valence-corrected chi connectivity index (χ4v) is 1.52. The van der Waals surface area contributed by atoms with E-state index in [1.807, 2.05) is 0 Å². The highest BCUT2D eigenvalue weighted by molar-refractivity contribution is 6.32. The first-order chi connectivity index (χ1) is 6.75. The minimum atomic E-state index is -0.344. The molecule has 1 saturated heterocycles. The molecule has 0 saturated carbocycles. The Balaban J connectivity index is 2.10. The predicted octanol–water partition coefficient (Wildman–Crippen LogP) is 2.65. The Morgan fingerprint density at radius 1 is 1.50 bits per heavy atom. The Morgan fingerprint density at radius 2 is 2.36 bits per heavy atom. The molecule has 0 spiro atoms. The molecule has 1 heterocycles. The predicted molar refractivity (Wildman–Crippen MR) is 51.3 cm³/mol. The minimum absolute atomic E-state index is 0.00528. The molecule has 1 fully saturated rings. The maximum absolute atomic E-state index is 12.9. The first-order valence-corrected chi connectivity index (χ1v) is 4.83. The van der Waals surface area contributed by atoms with E-state index in [4.69, 9.17) is 21.1 Å². The summed E-state index contributed by atoms with van der Waals surface area (Å²) in [5.74, 6) is 0.0467. The molecule has 0 bridgehead atoms. The number of ether oxygens (including phenoxy) is 2. The summed E-state index contributed by atoms with van der Waals surface area (Å²) in [6.07, 6.45) is 0.821. The van der Waals surface area contributed by atoms with Gasteiger partial charge in [0, 0.05) is 12.5 Å². The van der Waals surface area contributed by atoms with Crippen molar-refractivity contribution in [3.63, 3.8) is 0 Å². The third-order valence-electron chi connectivity index (χ3n) is 2.07. The number of hydrogen-bond donors (Lipinski definition) is 0. The Hall–Kier alpha value is -0.800. The Bertz CT molecular complexity index is 324. The molecule has 0 aromatic heterocycles. The van der Waals surface area contributed by atoms with E-state index in [1.165, 1.54) is 18.2 Å². The molecule has 1 aromatic rings. The molecule has 4 heteroatoms. The molecule has 2 rings (SSSR count). The molecule has 14 heavy (non-hydrogen) atoms. The molecule has 0 unspecified atom stereocenters. The zero-order valence-corrected chi connectivity index (χ0v) is 8.26. The first kappa shape index (κ1) is 9.74. The molecule has 1 aliphatic rings. The van der Waals surface area contributed by atoms with E-state index in [1.54, 1.807) is 0 Å². The number of benzene rings is 1. The van der Waals surface area contributed by atoms with E-state index in [-0.39, 0.29) is 11.9 Å². The smallest absolute Gasteiger partial charge is 0.141 e. The van der Waals surface area contributed by atoms with Crippen LogP contribution in [0.2, 0.25) is 5.02 Å². The van der Waals surface area contributed by atoms with E-state index in [0.29, 0.717) is 24.0 Å². The summed E-state index contributed by atoms with van der Waals surface area (Å²) in [4.78, 5) is 0. The van der Waals surface area contributed by atoms with Gasteiger partial charge in [0.1, 0.15) is 17.7 Å². The maximum Gasteiger partial charge on any atom is 0.141 e. The summed E-state index contributed by atoms with van der Waals surface area (Å²) in [6.45, 7) is 1.24. The minimum Gasteiger partial charge on any atom is -0.486 e. The van der Waals surface area contributed by atoms with Crippen molar-refractivity contribution in [1.29, 1.82) is 0 Å². The van der Waals surface area contributed by atoms with Crippen LogP contribution < -0.4 is 4.74 Å². The number of rotatable bonds is 2. The van der Waals surface area contributed by atoms with Crippen LogP contribution in [0.1, 0.15) is 6.42 Å². The summed E-state index contributed by atoms with van der Waals surface area (Å²) in [5, 5.41) is 0.429. The average molecular weight is 217 g/mol. The molecule has 0 radical (unpaired) electrons. The van der Waals surface area contributed by atoms with Crippen LogP contribution in [0.15, 0.2) is 18.2 Å². The van der Waals surface area contributed by atoms with Crippen LogP contribution in [0.3, 0.4) is 0 Å². The second kappa shape index (κ2) is 4.15. The lowest BCUT2D eigenvalue weighted by Gasteiger charge is -2.12. The molecule has 1 aromatic carbocycles. The average Bonchev–Trinajstić information content (AvgIpc) is 2.64. The third kappa shape index (κ3) is 2.16. The van der Waals surface area contributed by atoms with Crippen molar-refractivity contribution in [2.24, 2.45) is 0 Å². The molecule has 1 aliphatic heterocycles. The quantitative estimate of drug-likeness (QED) is 0.757. The van der Waals surface area contributed by atoms with Crippen molar-refractivity contribution in [3.05, 3.63) is 29.0 Å². The topological polar surface area (TPSA) is 18.5 Å². The molecule has 1 atom stereocenters. The van der Waals surface area contributed by atoms with Gasteiger partial charge in [0.25, 0.3) is 0 Å². The van der Waals surface area contributed by atoms with Gasteiger partial charge in [0.15, 0.2) is 0 Å². The van der Waals surface area contributed by atoms with Crippen LogP contribution >= 0.6 is 11.6 Å². The highest BCUT2D eigenvalue weighted by Crippen LogP contribution is 2.27. The van der Waals surface area contributed by atoms with Gasteiger partial charge >= 0.3 is 0 Å². The van der Waals surface area contributed by atoms with Gasteiger partial charge in [-0.05, 0) is 12.1 Å². The van der Waals surface area contributed by atoms with E-state index in [2.05, 4.69) is 0 Å². The summed E-state index contributed by atoms with van der Waals surface area (Å²) in [7, 11) is 0. The standard InChI is InChI=1S/C10H10ClFO2/c11-9-2-1-7(12)5-10(9)14-8-3-4-13-6-8/h1-2,5,8H,3-4,6H2/t8-/m1/s1. The fourth-order valence-electron chi connectivity index (χ4n) is 1.35. The summed E-state index contributed by atoms with van der Waals surface area (Å²) < 4.78 is 23.5. The van der Waals surface area contributed by atoms with E-state index >= 15 is 0 Å². The van der Waals surface area contributed by atoms with Gasteiger partial charge in [0.2, 0.25) is 0 Å². The van der Waals surface area contributed by atoms with Gasteiger partial charge < -0.3 is 9.47 Å². The van der Waals surface area contributed by atoms with Crippen molar-refractivity contribution in [2.45, 2.75) is 12.5 Å². The van der Waals surface area contributed by atoms with Gasteiger partial charge in [-0.15, -0.1) is 0 Å². The Labute approximate surface area is 86.6 Å². The van der Waals surface area contributed by atoms with Crippen LogP contribution in [0, 0.1) is 5.82 Å². The lowest BCUT2D eigenvalue weighted by Crippen LogP contribution is -2.15. The van der Waals surface area contributed by atoms with Crippen molar-refractivity contribution in [1.82, 2.24) is 0 Å². The van der Waals surface area contributed by atoms with Crippen molar-refractivity contribution in [3.8, 4) is 5.75 Å². The van der Waals surface area contributed by atoms with Gasteiger partial charge in [-0.2, -0.15) is 0 Å². The maximum atomic E-state index is 12.9. The van der Waals surface area contributed by atoms with Crippen molar-refractivity contribution in [2.75, 3.05) is 13.2 Å².